The highest BCUT2D eigenvalue weighted by Crippen LogP contribution is 2.26. The summed E-state index contributed by atoms with van der Waals surface area (Å²) in [6.07, 6.45) is 0. The summed E-state index contributed by atoms with van der Waals surface area (Å²) in [6, 6.07) is 10.2. The molecule has 21 heavy (non-hydrogen) atoms. The smallest absolute Gasteiger partial charge is 0.141 e. The maximum absolute atomic E-state index is 13.2. The first-order chi connectivity index (χ1) is 10.1. The van der Waals surface area contributed by atoms with Gasteiger partial charge in [0.25, 0.3) is 0 Å². The third kappa shape index (κ3) is 2.73. The maximum atomic E-state index is 13.2. The van der Waals surface area contributed by atoms with Crippen molar-refractivity contribution >= 4 is 45.8 Å². The highest BCUT2D eigenvalue weighted by atomic mass is 35.5. The zero-order valence-corrected chi connectivity index (χ0v) is 13.1. The number of hydrogen-bond acceptors (Lipinski definition) is 1. The van der Waals surface area contributed by atoms with Crippen LogP contribution >= 0.6 is 34.8 Å². The highest BCUT2D eigenvalue weighted by Gasteiger charge is 2.13. The number of fused-ring (bicyclic) bond motifs is 1. The molecule has 1 aromatic heterocycles. The van der Waals surface area contributed by atoms with Crippen LogP contribution in [0.5, 0.6) is 0 Å². The monoisotopic (exact) mass is 342 g/mol. The summed E-state index contributed by atoms with van der Waals surface area (Å²) < 4.78 is 15.2. The van der Waals surface area contributed by atoms with Crippen molar-refractivity contribution in [1.29, 1.82) is 0 Å². The van der Waals surface area contributed by atoms with E-state index >= 15 is 0 Å². The van der Waals surface area contributed by atoms with Crippen LogP contribution in [-0.2, 0) is 12.4 Å². The first-order valence-corrected chi connectivity index (χ1v) is 7.52. The number of nitrogens with zero attached hydrogens (tertiary/aromatic N) is 2. The Morgan fingerprint density at radius 3 is 2.62 bits per heavy atom. The average molecular weight is 344 g/mol. The third-order valence-corrected chi connectivity index (χ3v) is 4.09. The Morgan fingerprint density at radius 2 is 1.90 bits per heavy atom. The van der Waals surface area contributed by atoms with Crippen LogP contribution in [0.3, 0.4) is 0 Å². The minimum atomic E-state index is -0.434. The largest absolute Gasteiger partial charge is 0.322 e. The van der Waals surface area contributed by atoms with Crippen molar-refractivity contribution < 1.29 is 4.39 Å². The average Bonchev–Trinajstić information content (AvgIpc) is 2.83. The number of para-hydroxylation sites is 1. The molecule has 1 heterocycles. The third-order valence-electron chi connectivity index (χ3n) is 3.25. The lowest BCUT2D eigenvalue weighted by Crippen LogP contribution is -2.04. The molecule has 0 saturated carbocycles. The van der Waals surface area contributed by atoms with Crippen molar-refractivity contribution in [2.75, 3.05) is 0 Å². The molecule has 0 aliphatic rings. The molecule has 108 valence electrons. The molecule has 3 aromatic rings. The molecule has 0 saturated heterocycles. The fraction of sp³-hybridized carbons (Fsp3) is 0.133. The van der Waals surface area contributed by atoms with Gasteiger partial charge in [0.05, 0.1) is 21.4 Å². The molecular weight excluding hydrogens is 334 g/mol. The second-order valence-electron chi connectivity index (χ2n) is 4.60. The predicted molar refractivity (Wildman–Crippen MR) is 84.8 cm³/mol. The molecule has 2 aromatic carbocycles. The summed E-state index contributed by atoms with van der Waals surface area (Å²) in [5.74, 6) is 0.539. The Bertz CT molecular complexity index is 814. The molecule has 0 amide bonds. The van der Waals surface area contributed by atoms with Gasteiger partial charge in [0.2, 0.25) is 0 Å². The van der Waals surface area contributed by atoms with E-state index in [9.17, 15) is 4.39 Å². The summed E-state index contributed by atoms with van der Waals surface area (Å²) in [6.45, 7) is 0.499. The molecule has 0 radical (unpaired) electrons. The molecule has 0 fully saturated rings. The number of benzene rings is 2. The van der Waals surface area contributed by atoms with E-state index < -0.39 is 5.82 Å². The molecule has 0 aliphatic heterocycles. The quantitative estimate of drug-likeness (QED) is 0.592. The molecule has 0 N–H and O–H groups in total. The molecule has 0 unspecified atom stereocenters. The zero-order valence-electron chi connectivity index (χ0n) is 10.8. The van der Waals surface area contributed by atoms with Gasteiger partial charge in [0.15, 0.2) is 0 Å². The van der Waals surface area contributed by atoms with Crippen LogP contribution in [0.2, 0.25) is 10.0 Å². The van der Waals surface area contributed by atoms with E-state index in [1.807, 2.05) is 16.7 Å². The number of halogens is 4. The summed E-state index contributed by atoms with van der Waals surface area (Å²) in [5, 5.41) is 0.678. The van der Waals surface area contributed by atoms with E-state index in [1.165, 1.54) is 6.07 Å². The van der Waals surface area contributed by atoms with Gasteiger partial charge in [0.1, 0.15) is 17.2 Å². The van der Waals surface area contributed by atoms with Gasteiger partial charge in [-0.1, -0.05) is 35.3 Å². The number of alkyl halides is 1. The Hall–Kier alpha value is -1.29. The van der Waals surface area contributed by atoms with E-state index in [2.05, 4.69) is 4.98 Å². The van der Waals surface area contributed by atoms with Gasteiger partial charge in [-0.25, -0.2) is 9.37 Å². The molecular formula is C15H10Cl3FN2. The normalized spacial score (nSPS) is 11.2. The van der Waals surface area contributed by atoms with Crippen LogP contribution in [0.4, 0.5) is 4.39 Å². The van der Waals surface area contributed by atoms with E-state index in [-0.39, 0.29) is 10.9 Å². The highest BCUT2D eigenvalue weighted by molar-refractivity contribution is 6.35. The van der Waals surface area contributed by atoms with Gasteiger partial charge < -0.3 is 4.57 Å². The lowest BCUT2D eigenvalue weighted by molar-refractivity contribution is 0.626. The van der Waals surface area contributed by atoms with Crippen LogP contribution in [0.1, 0.15) is 11.4 Å². The summed E-state index contributed by atoms with van der Waals surface area (Å²) >= 11 is 17.9. The van der Waals surface area contributed by atoms with Gasteiger partial charge in [0, 0.05) is 6.54 Å². The molecule has 0 atom stereocenters. The molecule has 2 nitrogen and oxygen atoms in total. The standard InChI is InChI=1S/C15H10Cl3FN2/c16-7-14-20-15-10(17)2-1-3-13(15)21(14)8-9-4-5-12(19)11(18)6-9/h1-6H,7-8H2. The van der Waals surface area contributed by atoms with Crippen LogP contribution < -0.4 is 0 Å². The van der Waals surface area contributed by atoms with Crippen molar-refractivity contribution in [1.82, 2.24) is 9.55 Å². The minimum Gasteiger partial charge on any atom is -0.322 e. The minimum absolute atomic E-state index is 0.0994. The Kier molecular flexibility index (Phi) is 4.07. The predicted octanol–water partition coefficient (Wildman–Crippen LogP) is 5.27. The second-order valence-corrected chi connectivity index (χ2v) is 5.69. The van der Waals surface area contributed by atoms with E-state index in [0.29, 0.717) is 22.9 Å². The van der Waals surface area contributed by atoms with Crippen molar-refractivity contribution in [3.63, 3.8) is 0 Å². The number of hydrogen-bond donors (Lipinski definition) is 0. The van der Waals surface area contributed by atoms with Crippen molar-refractivity contribution in [2.45, 2.75) is 12.4 Å². The molecule has 3 rings (SSSR count). The maximum Gasteiger partial charge on any atom is 0.141 e. The van der Waals surface area contributed by atoms with E-state index in [0.717, 1.165) is 11.1 Å². The van der Waals surface area contributed by atoms with Gasteiger partial charge in [-0.3, -0.25) is 0 Å². The van der Waals surface area contributed by atoms with Crippen LogP contribution in [0.15, 0.2) is 36.4 Å². The Balaban J connectivity index is 2.10. The first kappa shape index (κ1) is 14.6. The summed E-state index contributed by atoms with van der Waals surface area (Å²) in [5.41, 5.74) is 2.47. The summed E-state index contributed by atoms with van der Waals surface area (Å²) in [4.78, 5) is 4.46. The molecule has 0 aliphatic carbocycles. The van der Waals surface area contributed by atoms with Gasteiger partial charge in [-0.05, 0) is 29.8 Å². The Morgan fingerprint density at radius 1 is 1.10 bits per heavy atom. The Labute approximate surface area is 136 Å². The van der Waals surface area contributed by atoms with Crippen molar-refractivity contribution in [3.8, 4) is 0 Å². The van der Waals surface area contributed by atoms with Crippen LogP contribution in [0.25, 0.3) is 11.0 Å². The zero-order chi connectivity index (χ0) is 15.0. The topological polar surface area (TPSA) is 17.8 Å². The van der Waals surface area contributed by atoms with E-state index in [4.69, 9.17) is 34.8 Å². The van der Waals surface area contributed by atoms with Gasteiger partial charge in [-0.15, -0.1) is 11.6 Å². The number of rotatable bonds is 3. The lowest BCUT2D eigenvalue weighted by atomic mass is 10.2. The molecule has 0 spiro atoms. The van der Waals surface area contributed by atoms with Crippen LogP contribution in [-0.4, -0.2) is 9.55 Å². The molecule has 0 bridgehead atoms. The number of imidazole rings is 1. The first-order valence-electron chi connectivity index (χ1n) is 6.23. The van der Waals surface area contributed by atoms with Crippen molar-refractivity contribution in [3.05, 3.63) is 63.6 Å². The fourth-order valence-electron chi connectivity index (χ4n) is 2.26. The van der Waals surface area contributed by atoms with Gasteiger partial charge in [-0.2, -0.15) is 0 Å². The summed E-state index contributed by atoms with van der Waals surface area (Å²) in [7, 11) is 0. The van der Waals surface area contributed by atoms with Crippen LogP contribution in [0, 0.1) is 5.82 Å². The SMILES string of the molecule is Fc1ccc(Cn2c(CCl)nc3c(Cl)cccc32)cc1Cl. The lowest BCUT2D eigenvalue weighted by Gasteiger charge is -2.08. The van der Waals surface area contributed by atoms with E-state index in [1.54, 1.807) is 18.2 Å². The number of aromatic nitrogens is 2. The second kappa shape index (κ2) is 5.84. The fourth-order valence-corrected chi connectivity index (χ4v) is 2.88. The van der Waals surface area contributed by atoms with Crippen molar-refractivity contribution in [2.24, 2.45) is 0 Å². The van der Waals surface area contributed by atoms with Gasteiger partial charge >= 0.3 is 0 Å². The molecule has 6 heteroatoms.